The Hall–Kier alpha value is -2.87. The van der Waals surface area contributed by atoms with Gasteiger partial charge in [0.05, 0.1) is 12.2 Å². The first-order chi connectivity index (χ1) is 15.0. The number of thiophene rings is 1. The average molecular weight is 462 g/mol. The molecule has 2 aromatic rings. The second-order valence-corrected chi connectivity index (χ2v) is 9.37. The monoisotopic (exact) mass is 461 g/mol. The summed E-state index contributed by atoms with van der Waals surface area (Å²) in [6.45, 7) is 12.8. The number of anilines is 1. The number of rotatable bonds is 8. The molecule has 0 unspecified atom stereocenters. The van der Waals surface area contributed by atoms with Crippen LogP contribution in [0.2, 0.25) is 0 Å². The lowest BCUT2D eigenvalue weighted by molar-refractivity contribution is -0.119. The Balaban J connectivity index is 2.17. The first-order valence-electron chi connectivity index (χ1n) is 10.6. The smallest absolute Gasteiger partial charge is 0.342 e. The molecule has 2 rings (SSSR count). The lowest BCUT2D eigenvalue weighted by Crippen LogP contribution is -2.22. The minimum Gasteiger partial charge on any atom is -0.507 e. The molecule has 0 aliphatic carbocycles. The van der Waals surface area contributed by atoms with E-state index in [9.17, 15) is 19.5 Å². The summed E-state index contributed by atoms with van der Waals surface area (Å²) in [4.78, 5) is 38.2. The standard InChI is InChI=1S/C24H31NO6S/c1-8-30-24(29)20-14(6)15(7)32-22(20)25-19(26)11-31-23(28)18-10-16(12(2)3)9-17(13(4)5)21(18)27/h9-10,12-13,27H,8,11H2,1-7H3,(H,25,26). The molecule has 0 aliphatic heterocycles. The molecule has 1 amide bonds. The average Bonchev–Trinajstić information content (AvgIpc) is 2.99. The van der Waals surface area contributed by atoms with Gasteiger partial charge in [-0.15, -0.1) is 11.3 Å². The molecule has 0 fully saturated rings. The molecule has 0 spiro atoms. The number of hydrogen-bond donors (Lipinski definition) is 2. The summed E-state index contributed by atoms with van der Waals surface area (Å²) < 4.78 is 10.3. The van der Waals surface area contributed by atoms with Gasteiger partial charge in [0.1, 0.15) is 16.3 Å². The van der Waals surface area contributed by atoms with Crippen LogP contribution in [0.4, 0.5) is 5.00 Å². The number of hydrogen-bond acceptors (Lipinski definition) is 7. The second-order valence-electron chi connectivity index (χ2n) is 8.15. The molecule has 7 nitrogen and oxygen atoms in total. The number of ether oxygens (including phenoxy) is 2. The maximum Gasteiger partial charge on any atom is 0.342 e. The van der Waals surface area contributed by atoms with E-state index in [0.29, 0.717) is 16.1 Å². The van der Waals surface area contributed by atoms with Gasteiger partial charge in [-0.3, -0.25) is 4.79 Å². The lowest BCUT2D eigenvalue weighted by atomic mass is 9.92. The quantitative estimate of drug-likeness (QED) is 0.518. The Kier molecular flexibility index (Phi) is 8.44. The van der Waals surface area contributed by atoms with E-state index in [0.717, 1.165) is 16.0 Å². The minimum absolute atomic E-state index is 0.00940. The summed E-state index contributed by atoms with van der Waals surface area (Å²) in [5.74, 6) is -1.87. The van der Waals surface area contributed by atoms with Gasteiger partial charge in [-0.05, 0) is 55.4 Å². The zero-order valence-electron chi connectivity index (χ0n) is 19.6. The Morgan fingerprint density at radius 2 is 1.69 bits per heavy atom. The fourth-order valence-corrected chi connectivity index (χ4v) is 4.21. The van der Waals surface area contributed by atoms with Crippen LogP contribution in [0.1, 0.15) is 88.7 Å². The molecule has 2 N–H and O–H groups in total. The number of carbonyl (C=O) groups is 3. The van der Waals surface area contributed by atoms with E-state index >= 15 is 0 Å². The number of phenolic OH excluding ortho intramolecular Hbond substituents is 1. The van der Waals surface area contributed by atoms with Crippen LogP contribution in [0.15, 0.2) is 12.1 Å². The first-order valence-corrected chi connectivity index (χ1v) is 11.4. The highest BCUT2D eigenvalue weighted by Gasteiger charge is 2.24. The number of aromatic hydroxyl groups is 1. The third kappa shape index (κ3) is 5.68. The number of carbonyl (C=O) groups excluding carboxylic acids is 3. The largest absolute Gasteiger partial charge is 0.507 e. The summed E-state index contributed by atoms with van der Waals surface area (Å²) in [6, 6.07) is 3.48. The van der Waals surface area contributed by atoms with E-state index < -0.39 is 24.5 Å². The van der Waals surface area contributed by atoms with Gasteiger partial charge in [0.15, 0.2) is 6.61 Å². The van der Waals surface area contributed by atoms with E-state index in [2.05, 4.69) is 5.32 Å². The SMILES string of the molecule is CCOC(=O)c1c(NC(=O)COC(=O)c2cc(C(C)C)cc(C(C)C)c2O)sc(C)c1C. The van der Waals surface area contributed by atoms with Crippen molar-refractivity contribution in [3.63, 3.8) is 0 Å². The van der Waals surface area contributed by atoms with E-state index in [1.807, 2.05) is 40.7 Å². The van der Waals surface area contributed by atoms with E-state index in [1.54, 1.807) is 19.9 Å². The van der Waals surface area contributed by atoms with Crippen LogP contribution in [0, 0.1) is 13.8 Å². The molecule has 0 saturated heterocycles. The zero-order chi connectivity index (χ0) is 24.2. The van der Waals surface area contributed by atoms with Gasteiger partial charge in [-0.1, -0.05) is 33.8 Å². The van der Waals surface area contributed by atoms with Gasteiger partial charge in [0.25, 0.3) is 5.91 Å². The van der Waals surface area contributed by atoms with Crippen molar-refractivity contribution in [2.45, 2.75) is 60.3 Å². The highest BCUT2D eigenvalue weighted by molar-refractivity contribution is 7.16. The predicted octanol–water partition coefficient (Wildman–Crippen LogP) is 5.29. The Labute approximate surface area is 192 Å². The molecule has 0 atom stereocenters. The number of esters is 2. The second kappa shape index (κ2) is 10.6. The van der Waals surface area contributed by atoms with Crippen LogP contribution >= 0.6 is 11.3 Å². The molecular weight excluding hydrogens is 430 g/mol. The van der Waals surface area contributed by atoms with Crippen molar-refractivity contribution in [2.75, 3.05) is 18.5 Å². The van der Waals surface area contributed by atoms with Crippen molar-refractivity contribution < 1.29 is 29.0 Å². The molecule has 174 valence electrons. The summed E-state index contributed by atoms with van der Waals surface area (Å²) >= 11 is 1.25. The Bertz CT molecular complexity index is 1020. The molecule has 0 bridgehead atoms. The molecule has 1 aromatic carbocycles. The summed E-state index contributed by atoms with van der Waals surface area (Å²) in [7, 11) is 0. The highest BCUT2D eigenvalue weighted by Crippen LogP contribution is 2.34. The van der Waals surface area contributed by atoms with Crippen LogP contribution in [0.25, 0.3) is 0 Å². The summed E-state index contributed by atoms with van der Waals surface area (Å²) in [6.07, 6.45) is 0. The van der Waals surface area contributed by atoms with Crippen molar-refractivity contribution >= 4 is 34.2 Å². The van der Waals surface area contributed by atoms with Crippen molar-refractivity contribution in [2.24, 2.45) is 0 Å². The molecule has 0 aliphatic rings. The highest BCUT2D eigenvalue weighted by atomic mass is 32.1. The minimum atomic E-state index is -0.786. The molecule has 1 aromatic heterocycles. The summed E-state index contributed by atoms with van der Waals surface area (Å²) in [5.41, 5.74) is 2.61. The van der Waals surface area contributed by atoms with Crippen molar-refractivity contribution in [3.05, 3.63) is 44.8 Å². The van der Waals surface area contributed by atoms with Crippen LogP contribution in [0.5, 0.6) is 5.75 Å². The predicted molar refractivity (Wildman–Crippen MR) is 125 cm³/mol. The van der Waals surface area contributed by atoms with Gasteiger partial charge in [0, 0.05) is 4.88 Å². The van der Waals surface area contributed by atoms with Crippen LogP contribution < -0.4 is 5.32 Å². The van der Waals surface area contributed by atoms with Gasteiger partial charge in [-0.25, -0.2) is 9.59 Å². The van der Waals surface area contributed by atoms with Crippen LogP contribution in [0.3, 0.4) is 0 Å². The van der Waals surface area contributed by atoms with Crippen molar-refractivity contribution in [1.82, 2.24) is 0 Å². The first kappa shape index (κ1) is 25.4. The van der Waals surface area contributed by atoms with Crippen LogP contribution in [-0.2, 0) is 14.3 Å². The maximum atomic E-state index is 12.7. The van der Waals surface area contributed by atoms with Crippen molar-refractivity contribution in [3.8, 4) is 5.75 Å². The molecule has 32 heavy (non-hydrogen) atoms. The summed E-state index contributed by atoms with van der Waals surface area (Å²) in [5, 5.41) is 13.6. The molecular formula is C24H31NO6S. The third-order valence-corrected chi connectivity index (χ3v) is 6.25. The van der Waals surface area contributed by atoms with Gasteiger partial charge in [-0.2, -0.15) is 0 Å². The lowest BCUT2D eigenvalue weighted by Gasteiger charge is -2.16. The normalized spacial score (nSPS) is 11.0. The molecule has 8 heteroatoms. The topological polar surface area (TPSA) is 102 Å². The van der Waals surface area contributed by atoms with E-state index in [4.69, 9.17) is 9.47 Å². The van der Waals surface area contributed by atoms with Gasteiger partial charge < -0.3 is 19.9 Å². The Morgan fingerprint density at radius 1 is 1.03 bits per heavy atom. The number of phenols is 1. The molecule has 1 heterocycles. The van der Waals surface area contributed by atoms with E-state index in [1.165, 1.54) is 11.3 Å². The van der Waals surface area contributed by atoms with E-state index in [-0.39, 0.29) is 29.8 Å². The van der Waals surface area contributed by atoms with Crippen LogP contribution in [-0.4, -0.2) is 36.2 Å². The van der Waals surface area contributed by atoms with Crippen molar-refractivity contribution in [1.29, 1.82) is 0 Å². The molecule has 0 saturated carbocycles. The number of benzene rings is 1. The zero-order valence-corrected chi connectivity index (χ0v) is 20.4. The number of nitrogens with one attached hydrogen (secondary N) is 1. The Morgan fingerprint density at radius 3 is 2.25 bits per heavy atom. The number of amides is 1. The van der Waals surface area contributed by atoms with Gasteiger partial charge in [0.2, 0.25) is 0 Å². The fraction of sp³-hybridized carbons (Fsp3) is 0.458. The van der Waals surface area contributed by atoms with Gasteiger partial charge >= 0.3 is 11.9 Å². The number of aryl methyl sites for hydroxylation is 1. The molecule has 0 radical (unpaired) electrons. The fourth-order valence-electron chi connectivity index (χ4n) is 3.14. The maximum absolute atomic E-state index is 12.7. The third-order valence-electron chi connectivity index (χ3n) is 5.12.